The number of anilines is 3. The molecule has 0 amide bonds. The van der Waals surface area contributed by atoms with Gasteiger partial charge in [0, 0.05) is 18.8 Å². The van der Waals surface area contributed by atoms with Crippen LogP contribution in [0.3, 0.4) is 0 Å². The van der Waals surface area contributed by atoms with Crippen molar-refractivity contribution in [3.63, 3.8) is 0 Å². The molecule has 7 nitrogen and oxygen atoms in total. The van der Waals surface area contributed by atoms with E-state index in [1.54, 1.807) is 13.3 Å². The molecule has 1 saturated carbocycles. The molecule has 1 aliphatic heterocycles. The second kappa shape index (κ2) is 9.28. The molecular formula is C25H31N5O2. The van der Waals surface area contributed by atoms with Gasteiger partial charge in [-0.1, -0.05) is 31.4 Å². The van der Waals surface area contributed by atoms with Gasteiger partial charge in [0.1, 0.15) is 11.6 Å². The summed E-state index contributed by atoms with van der Waals surface area (Å²) >= 11 is 0. The molecule has 0 spiro atoms. The van der Waals surface area contributed by atoms with Crippen molar-refractivity contribution in [3.05, 3.63) is 42.1 Å². The summed E-state index contributed by atoms with van der Waals surface area (Å²) in [4.78, 5) is 16.3. The number of hydrogen-bond acceptors (Lipinski definition) is 7. The molecule has 0 radical (unpaired) electrons. The number of methoxy groups -OCH3 is 1. The zero-order chi connectivity index (χ0) is 21.9. The number of nitrogens with zero attached hydrogens (tertiary/aromatic N) is 4. The lowest BCUT2D eigenvalue weighted by molar-refractivity contribution is 0.0526. The Labute approximate surface area is 189 Å². The Morgan fingerprint density at radius 2 is 1.91 bits per heavy atom. The van der Waals surface area contributed by atoms with E-state index in [9.17, 15) is 0 Å². The lowest BCUT2D eigenvalue weighted by Crippen LogP contribution is -2.42. The molecule has 1 saturated heterocycles. The summed E-state index contributed by atoms with van der Waals surface area (Å²) in [5, 5.41) is 4.35. The zero-order valence-electron chi connectivity index (χ0n) is 18.9. The van der Waals surface area contributed by atoms with E-state index in [-0.39, 0.29) is 6.10 Å². The van der Waals surface area contributed by atoms with E-state index in [1.165, 1.54) is 37.7 Å². The van der Waals surface area contributed by atoms with Crippen molar-refractivity contribution in [1.82, 2.24) is 15.0 Å². The van der Waals surface area contributed by atoms with Crippen LogP contribution in [-0.2, 0) is 4.74 Å². The van der Waals surface area contributed by atoms with Gasteiger partial charge in [0.2, 0.25) is 5.95 Å². The minimum Gasteiger partial charge on any atom is -0.495 e. The Kier molecular flexibility index (Phi) is 6.08. The third-order valence-corrected chi connectivity index (χ3v) is 6.52. The number of pyridine rings is 1. The number of morpholine rings is 1. The van der Waals surface area contributed by atoms with Crippen LogP contribution in [0, 0.1) is 0 Å². The molecule has 7 heteroatoms. The molecule has 2 fully saturated rings. The first-order chi connectivity index (χ1) is 15.7. The van der Waals surface area contributed by atoms with Gasteiger partial charge in [-0.05, 0) is 49.4 Å². The lowest BCUT2D eigenvalue weighted by Gasteiger charge is -2.31. The Bertz CT molecular complexity index is 1070. The van der Waals surface area contributed by atoms with Crippen LogP contribution in [0.5, 0.6) is 5.75 Å². The van der Waals surface area contributed by atoms with E-state index in [4.69, 9.17) is 19.4 Å². The van der Waals surface area contributed by atoms with Gasteiger partial charge in [0.05, 0.1) is 31.4 Å². The molecule has 0 bridgehead atoms. The number of rotatable bonds is 5. The summed E-state index contributed by atoms with van der Waals surface area (Å²) in [5.41, 5.74) is 3.10. The van der Waals surface area contributed by atoms with E-state index in [0.717, 1.165) is 30.0 Å². The Morgan fingerprint density at radius 3 is 2.66 bits per heavy atom. The normalized spacial score (nSPS) is 19.8. The van der Waals surface area contributed by atoms with Crippen molar-refractivity contribution in [1.29, 1.82) is 0 Å². The van der Waals surface area contributed by atoms with Crippen LogP contribution in [0.15, 0.2) is 36.5 Å². The second-order valence-electron chi connectivity index (χ2n) is 8.83. The van der Waals surface area contributed by atoms with Gasteiger partial charge in [-0.2, -0.15) is 9.97 Å². The molecule has 1 aromatic carbocycles. The molecular weight excluding hydrogens is 402 g/mol. The van der Waals surface area contributed by atoms with Crippen LogP contribution in [0.2, 0.25) is 0 Å². The first-order valence-corrected chi connectivity index (χ1v) is 11.6. The van der Waals surface area contributed by atoms with Crippen LogP contribution in [0.1, 0.15) is 50.5 Å². The Hall–Kier alpha value is -2.93. The van der Waals surface area contributed by atoms with Crippen molar-refractivity contribution >= 4 is 28.5 Å². The third kappa shape index (κ3) is 4.48. The number of hydrogen-bond donors (Lipinski definition) is 1. The number of aromatic nitrogens is 3. The molecule has 32 heavy (non-hydrogen) atoms. The van der Waals surface area contributed by atoms with Gasteiger partial charge in [-0.3, -0.25) is 0 Å². The van der Waals surface area contributed by atoms with E-state index in [0.29, 0.717) is 29.9 Å². The van der Waals surface area contributed by atoms with Crippen molar-refractivity contribution in [2.24, 2.45) is 0 Å². The van der Waals surface area contributed by atoms with Gasteiger partial charge >= 0.3 is 0 Å². The molecule has 1 unspecified atom stereocenters. The van der Waals surface area contributed by atoms with Crippen LogP contribution in [-0.4, -0.2) is 47.9 Å². The first kappa shape index (κ1) is 20.9. The fourth-order valence-electron chi connectivity index (χ4n) is 4.74. The summed E-state index contributed by atoms with van der Waals surface area (Å²) < 4.78 is 11.1. The average molecular weight is 434 g/mol. The van der Waals surface area contributed by atoms with Crippen LogP contribution in [0.4, 0.5) is 17.5 Å². The van der Waals surface area contributed by atoms with Crippen molar-refractivity contribution in [2.45, 2.75) is 51.0 Å². The average Bonchev–Trinajstić information content (AvgIpc) is 2.84. The highest BCUT2D eigenvalue weighted by molar-refractivity contribution is 5.90. The summed E-state index contributed by atoms with van der Waals surface area (Å²) in [5.74, 6) is 2.79. The largest absolute Gasteiger partial charge is 0.495 e. The van der Waals surface area contributed by atoms with Gasteiger partial charge in [-0.15, -0.1) is 0 Å². The predicted octanol–water partition coefficient (Wildman–Crippen LogP) is 5.05. The number of nitrogens with one attached hydrogen (secondary N) is 1. The quantitative estimate of drug-likeness (QED) is 0.604. The van der Waals surface area contributed by atoms with E-state index < -0.39 is 0 Å². The number of benzene rings is 1. The first-order valence-electron chi connectivity index (χ1n) is 11.6. The van der Waals surface area contributed by atoms with E-state index in [2.05, 4.69) is 46.4 Å². The highest BCUT2D eigenvalue weighted by Crippen LogP contribution is 2.34. The minimum atomic E-state index is 0.149. The van der Waals surface area contributed by atoms with Crippen molar-refractivity contribution < 1.29 is 9.47 Å². The third-order valence-electron chi connectivity index (χ3n) is 6.52. The fourth-order valence-corrected chi connectivity index (χ4v) is 4.74. The van der Waals surface area contributed by atoms with Gasteiger partial charge in [-0.25, -0.2) is 4.98 Å². The molecule has 2 aromatic heterocycles. The smallest absolute Gasteiger partial charge is 0.229 e. The molecule has 168 valence electrons. The predicted molar refractivity (Wildman–Crippen MR) is 127 cm³/mol. The lowest BCUT2D eigenvalue weighted by atomic mass is 9.84. The van der Waals surface area contributed by atoms with Gasteiger partial charge in [0.15, 0.2) is 5.65 Å². The molecule has 3 aromatic rings. The summed E-state index contributed by atoms with van der Waals surface area (Å²) in [7, 11) is 1.64. The van der Waals surface area contributed by atoms with Crippen LogP contribution >= 0.6 is 0 Å². The minimum absolute atomic E-state index is 0.149. The standard InChI is InChI=1S/C25H31N5O2/c1-17-16-30(12-13-32-17)25-28-23-22(14-21(31-2)15-26-23)24(29-25)27-20-10-8-19(9-11-20)18-6-4-3-5-7-18/h8-11,14-15,17-18H,3-7,12-13,16H2,1-2H3,(H,26,27,28,29). The maximum atomic E-state index is 5.69. The van der Waals surface area contributed by atoms with Crippen LogP contribution < -0.4 is 15.0 Å². The van der Waals surface area contributed by atoms with E-state index >= 15 is 0 Å². The topological polar surface area (TPSA) is 72.4 Å². The van der Waals surface area contributed by atoms with Crippen LogP contribution in [0.25, 0.3) is 11.0 Å². The molecule has 1 aliphatic carbocycles. The summed E-state index contributed by atoms with van der Waals surface area (Å²) in [6, 6.07) is 10.8. The van der Waals surface area contributed by atoms with Gasteiger partial charge in [0.25, 0.3) is 0 Å². The molecule has 3 heterocycles. The highest BCUT2D eigenvalue weighted by Gasteiger charge is 2.21. The van der Waals surface area contributed by atoms with E-state index in [1.807, 2.05) is 6.07 Å². The number of fused-ring (bicyclic) bond motifs is 1. The van der Waals surface area contributed by atoms with Crippen molar-refractivity contribution in [2.75, 3.05) is 37.0 Å². The molecule has 2 aliphatic rings. The molecule has 1 atom stereocenters. The SMILES string of the molecule is COc1cnc2nc(N3CCOC(C)C3)nc(Nc3ccc(C4CCCCC4)cc3)c2c1. The second-order valence-corrected chi connectivity index (χ2v) is 8.83. The Balaban J connectivity index is 1.46. The fraction of sp³-hybridized carbons (Fsp3) is 0.480. The Morgan fingerprint density at radius 1 is 1.09 bits per heavy atom. The monoisotopic (exact) mass is 433 g/mol. The maximum Gasteiger partial charge on any atom is 0.229 e. The highest BCUT2D eigenvalue weighted by atomic mass is 16.5. The molecule has 1 N–H and O–H groups in total. The molecule has 5 rings (SSSR count). The zero-order valence-corrected chi connectivity index (χ0v) is 18.9. The number of ether oxygens (including phenoxy) is 2. The summed E-state index contributed by atoms with van der Waals surface area (Å²) in [6.45, 7) is 4.27. The summed E-state index contributed by atoms with van der Waals surface area (Å²) in [6.07, 6.45) is 8.51. The maximum absolute atomic E-state index is 5.69. The van der Waals surface area contributed by atoms with Gasteiger partial charge < -0.3 is 19.7 Å². The van der Waals surface area contributed by atoms with Crippen molar-refractivity contribution in [3.8, 4) is 5.75 Å².